The highest BCUT2D eigenvalue weighted by Gasteiger charge is 2.12. The molecule has 0 aliphatic heterocycles. The van der Waals surface area contributed by atoms with Gasteiger partial charge in [-0.15, -0.1) is 0 Å². The van der Waals surface area contributed by atoms with Crippen LogP contribution in [0, 0.1) is 17.5 Å². The third-order valence-electron chi connectivity index (χ3n) is 2.67. The average molecular weight is 330 g/mol. The van der Waals surface area contributed by atoms with Crippen molar-refractivity contribution >= 4 is 21.6 Å². The third-order valence-corrected chi connectivity index (χ3v) is 3.17. The van der Waals surface area contributed by atoms with Crippen LogP contribution in [0.5, 0.6) is 0 Å². The molecule has 0 heterocycles. The Bertz CT molecular complexity index is 581. The normalized spacial score (nSPS) is 12.3. The second-order valence-corrected chi connectivity index (χ2v) is 5.11. The van der Waals surface area contributed by atoms with E-state index in [0.717, 1.165) is 18.2 Å². The van der Waals surface area contributed by atoms with Gasteiger partial charge in [-0.05, 0) is 31.2 Å². The minimum atomic E-state index is -0.675. The fourth-order valence-corrected chi connectivity index (χ4v) is 2.15. The molecule has 0 spiro atoms. The van der Waals surface area contributed by atoms with Crippen LogP contribution < -0.4 is 5.32 Å². The summed E-state index contributed by atoms with van der Waals surface area (Å²) in [6.07, 6.45) is 0. The molecular weight excluding hydrogens is 319 g/mol. The highest BCUT2D eigenvalue weighted by molar-refractivity contribution is 9.10. The molecule has 19 heavy (non-hydrogen) atoms. The lowest BCUT2D eigenvalue weighted by molar-refractivity contribution is 0.582. The molecule has 2 aromatic rings. The van der Waals surface area contributed by atoms with Gasteiger partial charge in [0.25, 0.3) is 0 Å². The average Bonchev–Trinajstić information content (AvgIpc) is 2.26. The lowest BCUT2D eigenvalue weighted by atomic mass is 10.1. The van der Waals surface area contributed by atoms with E-state index in [1.54, 1.807) is 19.1 Å². The second-order valence-electron chi connectivity index (χ2n) is 4.19. The molecule has 100 valence electrons. The molecule has 2 aromatic carbocycles. The molecule has 0 amide bonds. The van der Waals surface area contributed by atoms with Gasteiger partial charge in [0.15, 0.2) is 0 Å². The van der Waals surface area contributed by atoms with Crippen molar-refractivity contribution in [3.8, 4) is 0 Å². The van der Waals surface area contributed by atoms with Crippen molar-refractivity contribution < 1.29 is 13.2 Å². The van der Waals surface area contributed by atoms with Crippen LogP contribution in [0.25, 0.3) is 0 Å². The van der Waals surface area contributed by atoms with Gasteiger partial charge in [0.1, 0.15) is 17.5 Å². The van der Waals surface area contributed by atoms with Gasteiger partial charge in [-0.1, -0.05) is 22.0 Å². The Hall–Kier alpha value is -1.49. The predicted octanol–water partition coefficient (Wildman–Crippen LogP) is 5.04. The van der Waals surface area contributed by atoms with E-state index in [9.17, 15) is 13.2 Å². The van der Waals surface area contributed by atoms with Crippen LogP contribution >= 0.6 is 15.9 Å². The summed E-state index contributed by atoms with van der Waals surface area (Å²) in [5.41, 5.74) is 0.695. The summed E-state index contributed by atoms with van der Waals surface area (Å²) in [6, 6.07) is 7.38. The number of benzene rings is 2. The molecule has 0 aliphatic rings. The molecule has 0 fully saturated rings. The SMILES string of the molecule is CC(Nc1cc(F)cc(F)c1)c1ccc(Br)cc1F. The first-order valence-electron chi connectivity index (χ1n) is 5.63. The van der Waals surface area contributed by atoms with Crippen molar-refractivity contribution in [1.82, 2.24) is 0 Å². The zero-order valence-electron chi connectivity index (χ0n) is 10.1. The van der Waals surface area contributed by atoms with Crippen molar-refractivity contribution in [3.63, 3.8) is 0 Å². The Morgan fingerprint density at radius 2 is 1.63 bits per heavy atom. The van der Waals surface area contributed by atoms with Crippen LogP contribution in [0.4, 0.5) is 18.9 Å². The minimum absolute atomic E-state index is 0.271. The van der Waals surface area contributed by atoms with Gasteiger partial charge in [-0.2, -0.15) is 0 Å². The zero-order chi connectivity index (χ0) is 14.0. The first-order chi connectivity index (χ1) is 8.95. The van der Waals surface area contributed by atoms with E-state index in [1.165, 1.54) is 6.07 Å². The molecule has 0 aliphatic carbocycles. The molecule has 5 heteroatoms. The molecule has 1 N–H and O–H groups in total. The fraction of sp³-hybridized carbons (Fsp3) is 0.143. The van der Waals surface area contributed by atoms with Gasteiger partial charge in [0.05, 0.1) is 6.04 Å². The molecular formula is C14H11BrF3N. The largest absolute Gasteiger partial charge is 0.378 e. The van der Waals surface area contributed by atoms with E-state index < -0.39 is 17.7 Å². The summed E-state index contributed by atoms with van der Waals surface area (Å²) < 4.78 is 40.5. The number of rotatable bonds is 3. The van der Waals surface area contributed by atoms with Crippen molar-refractivity contribution in [2.24, 2.45) is 0 Å². The van der Waals surface area contributed by atoms with E-state index in [0.29, 0.717) is 10.0 Å². The number of hydrogen-bond donors (Lipinski definition) is 1. The van der Waals surface area contributed by atoms with Crippen molar-refractivity contribution in [3.05, 3.63) is 63.9 Å². The van der Waals surface area contributed by atoms with Gasteiger partial charge in [0, 0.05) is 21.8 Å². The highest BCUT2D eigenvalue weighted by Crippen LogP contribution is 2.25. The Morgan fingerprint density at radius 3 is 2.21 bits per heavy atom. The van der Waals surface area contributed by atoms with E-state index in [2.05, 4.69) is 21.2 Å². The second kappa shape index (κ2) is 5.65. The first kappa shape index (κ1) is 13.9. The first-order valence-corrected chi connectivity index (χ1v) is 6.42. The molecule has 1 unspecified atom stereocenters. The summed E-state index contributed by atoms with van der Waals surface area (Å²) in [5.74, 6) is -1.73. The molecule has 2 rings (SSSR count). The summed E-state index contributed by atoms with van der Waals surface area (Å²) in [7, 11) is 0. The Kier molecular flexibility index (Phi) is 4.14. The number of nitrogens with one attached hydrogen (secondary N) is 1. The van der Waals surface area contributed by atoms with Gasteiger partial charge >= 0.3 is 0 Å². The standard InChI is InChI=1S/C14H11BrF3N/c1-8(13-3-2-9(15)4-14(13)18)19-12-6-10(16)5-11(17)7-12/h2-8,19H,1H3. The number of anilines is 1. The van der Waals surface area contributed by atoms with Crippen LogP contribution in [-0.2, 0) is 0 Å². The Balaban J connectivity index is 2.22. The zero-order valence-corrected chi connectivity index (χ0v) is 11.6. The summed E-state index contributed by atoms with van der Waals surface area (Å²) in [6.45, 7) is 1.72. The van der Waals surface area contributed by atoms with Crippen LogP contribution in [-0.4, -0.2) is 0 Å². The molecule has 0 bridgehead atoms. The Morgan fingerprint density at radius 1 is 1.00 bits per heavy atom. The smallest absolute Gasteiger partial charge is 0.129 e. The van der Waals surface area contributed by atoms with Gasteiger partial charge < -0.3 is 5.32 Å². The molecule has 1 atom stereocenters. The van der Waals surface area contributed by atoms with E-state index in [4.69, 9.17) is 0 Å². The topological polar surface area (TPSA) is 12.0 Å². The quantitative estimate of drug-likeness (QED) is 0.831. The predicted molar refractivity (Wildman–Crippen MR) is 72.5 cm³/mol. The third kappa shape index (κ3) is 3.50. The van der Waals surface area contributed by atoms with Crippen LogP contribution in [0.1, 0.15) is 18.5 Å². The molecule has 0 aromatic heterocycles. The van der Waals surface area contributed by atoms with Crippen molar-refractivity contribution in [1.29, 1.82) is 0 Å². The van der Waals surface area contributed by atoms with Gasteiger partial charge in [0.2, 0.25) is 0 Å². The summed E-state index contributed by atoms with van der Waals surface area (Å²) in [5, 5.41) is 2.86. The molecule has 1 nitrogen and oxygen atoms in total. The van der Waals surface area contributed by atoms with Gasteiger partial charge in [-0.25, -0.2) is 13.2 Å². The maximum atomic E-state index is 13.7. The maximum absolute atomic E-state index is 13.7. The molecule has 0 saturated heterocycles. The highest BCUT2D eigenvalue weighted by atomic mass is 79.9. The maximum Gasteiger partial charge on any atom is 0.129 e. The lowest BCUT2D eigenvalue weighted by Crippen LogP contribution is -2.09. The monoisotopic (exact) mass is 329 g/mol. The van der Waals surface area contributed by atoms with E-state index in [-0.39, 0.29) is 11.5 Å². The van der Waals surface area contributed by atoms with Crippen LogP contribution in [0.15, 0.2) is 40.9 Å². The van der Waals surface area contributed by atoms with Gasteiger partial charge in [-0.3, -0.25) is 0 Å². The van der Waals surface area contributed by atoms with E-state index in [1.807, 2.05) is 0 Å². The fourth-order valence-electron chi connectivity index (χ4n) is 1.82. The number of hydrogen-bond acceptors (Lipinski definition) is 1. The van der Waals surface area contributed by atoms with E-state index >= 15 is 0 Å². The molecule has 0 saturated carbocycles. The summed E-state index contributed by atoms with van der Waals surface area (Å²) in [4.78, 5) is 0. The minimum Gasteiger partial charge on any atom is -0.378 e. The lowest BCUT2D eigenvalue weighted by Gasteiger charge is -2.16. The Labute approximate surface area is 117 Å². The van der Waals surface area contributed by atoms with Crippen molar-refractivity contribution in [2.45, 2.75) is 13.0 Å². The van der Waals surface area contributed by atoms with Crippen LogP contribution in [0.2, 0.25) is 0 Å². The van der Waals surface area contributed by atoms with Crippen LogP contribution in [0.3, 0.4) is 0 Å². The van der Waals surface area contributed by atoms with Crippen molar-refractivity contribution in [2.75, 3.05) is 5.32 Å². The molecule has 0 radical (unpaired) electrons. The summed E-state index contributed by atoms with van der Waals surface area (Å²) >= 11 is 3.17. The number of halogens is 4.